The summed E-state index contributed by atoms with van der Waals surface area (Å²) in [4.78, 5) is 0. The quantitative estimate of drug-likeness (QED) is 0.730. The second-order valence-corrected chi connectivity index (χ2v) is 10.5. The van der Waals surface area contributed by atoms with Gasteiger partial charge in [0.25, 0.3) is 0 Å². The van der Waals surface area contributed by atoms with Crippen LogP contribution in [0.2, 0.25) is 19.6 Å². The molecule has 0 spiro atoms. The fraction of sp³-hybridized carbons (Fsp3) is 0.200. The number of benzene rings is 2. The van der Waals surface area contributed by atoms with Crippen LogP contribution in [0.25, 0.3) is 10.8 Å². The Morgan fingerprint density at radius 3 is 1.89 bits per heavy atom. The van der Waals surface area contributed by atoms with Crippen LogP contribution < -0.4 is 5.19 Å². The summed E-state index contributed by atoms with van der Waals surface area (Å²) < 4.78 is 0. The molecular formula is C15H14N2Si. The lowest BCUT2D eigenvalue weighted by molar-refractivity contribution is 1.45. The molecule has 2 rings (SSSR count). The predicted molar refractivity (Wildman–Crippen MR) is 76.4 cm³/mol. The third-order valence-electron chi connectivity index (χ3n) is 3.08. The average Bonchev–Trinajstić information content (AvgIpc) is 2.35. The van der Waals surface area contributed by atoms with Crippen LogP contribution in [0.1, 0.15) is 11.1 Å². The zero-order chi connectivity index (χ0) is 13.3. The molecule has 0 radical (unpaired) electrons. The van der Waals surface area contributed by atoms with Gasteiger partial charge in [0.05, 0.1) is 19.2 Å². The Morgan fingerprint density at radius 1 is 0.833 bits per heavy atom. The average molecular weight is 250 g/mol. The summed E-state index contributed by atoms with van der Waals surface area (Å²) in [7, 11) is -1.35. The number of fused-ring (bicyclic) bond motifs is 1. The second kappa shape index (κ2) is 4.29. The van der Waals surface area contributed by atoms with Gasteiger partial charge >= 0.3 is 0 Å². The number of nitriles is 2. The number of hydrogen-bond acceptors (Lipinski definition) is 2. The van der Waals surface area contributed by atoms with Crippen LogP contribution in [0, 0.1) is 22.7 Å². The number of hydrogen-bond donors (Lipinski definition) is 0. The third kappa shape index (κ3) is 2.14. The molecule has 2 aromatic carbocycles. The maximum atomic E-state index is 9.05. The van der Waals surface area contributed by atoms with Gasteiger partial charge in [-0.05, 0) is 22.9 Å². The van der Waals surface area contributed by atoms with Gasteiger partial charge in [0.15, 0.2) is 0 Å². The Bertz CT molecular complexity index is 697. The van der Waals surface area contributed by atoms with Gasteiger partial charge < -0.3 is 0 Å². The van der Waals surface area contributed by atoms with Crippen molar-refractivity contribution in [1.29, 1.82) is 10.5 Å². The van der Waals surface area contributed by atoms with Crippen molar-refractivity contribution in [2.75, 3.05) is 0 Å². The van der Waals surface area contributed by atoms with E-state index >= 15 is 0 Å². The molecule has 0 amide bonds. The molecule has 0 saturated heterocycles. The molecule has 0 aliphatic rings. The highest BCUT2D eigenvalue weighted by Gasteiger charge is 2.16. The molecule has 0 bridgehead atoms. The zero-order valence-corrected chi connectivity index (χ0v) is 11.8. The van der Waals surface area contributed by atoms with E-state index in [1.165, 1.54) is 5.19 Å². The van der Waals surface area contributed by atoms with Gasteiger partial charge in [-0.3, -0.25) is 0 Å². The molecule has 0 N–H and O–H groups in total. The fourth-order valence-electron chi connectivity index (χ4n) is 1.95. The zero-order valence-electron chi connectivity index (χ0n) is 10.8. The lowest BCUT2D eigenvalue weighted by atomic mass is 10.0. The Morgan fingerprint density at radius 2 is 1.39 bits per heavy atom. The van der Waals surface area contributed by atoms with E-state index < -0.39 is 8.07 Å². The third-order valence-corrected chi connectivity index (χ3v) is 5.13. The normalized spacial score (nSPS) is 10.9. The van der Waals surface area contributed by atoms with Gasteiger partial charge in [0, 0.05) is 0 Å². The Balaban J connectivity index is 2.73. The monoisotopic (exact) mass is 250 g/mol. The molecule has 88 valence electrons. The maximum absolute atomic E-state index is 9.05. The van der Waals surface area contributed by atoms with Crippen molar-refractivity contribution in [3.05, 3.63) is 41.5 Å². The highest BCUT2D eigenvalue weighted by atomic mass is 28.3. The summed E-state index contributed by atoms with van der Waals surface area (Å²) in [6.45, 7) is 6.88. The fourth-order valence-corrected chi connectivity index (χ4v) is 3.12. The SMILES string of the molecule is C[Si](C)(C)c1ccc2cc(C#N)c(C#N)cc2c1. The van der Waals surface area contributed by atoms with E-state index in [1.54, 1.807) is 6.07 Å². The van der Waals surface area contributed by atoms with Crippen LogP contribution in [0.3, 0.4) is 0 Å². The van der Waals surface area contributed by atoms with Crippen LogP contribution in [0.4, 0.5) is 0 Å². The molecule has 0 aromatic heterocycles. The predicted octanol–water partition coefficient (Wildman–Crippen LogP) is 3.13. The Labute approximate surface area is 108 Å². The summed E-state index contributed by atoms with van der Waals surface area (Å²) in [6.07, 6.45) is 0. The van der Waals surface area contributed by atoms with E-state index in [2.05, 4.69) is 43.9 Å². The minimum atomic E-state index is -1.35. The van der Waals surface area contributed by atoms with Crippen LogP contribution in [0.5, 0.6) is 0 Å². The highest BCUT2D eigenvalue weighted by molar-refractivity contribution is 6.88. The smallest absolute Gasteiger partial charge is 0.101 e. The van der Waals surface area contributed by atoms with Crippen molar-refractivity contribution in [2.45, 2.75) is 19.6 Å². The van der Waals surface area contributed by atoms with E-state index in [0.717, 1.165) is 10.8 Å². The van der Waals surface area contributed by atoms with Crippen molar-refractivity contribution < 1.29 is 0 Å². The molecule has 0 aliphatic carbocycles. The van der Waals surface area contributed by atoms with E-state index in [9.17, 15) is 0 Å². The van der Waals surface area contributed by atoms with Gasteiger partial charge in [0.2, 0.25) is 0 Å². The minimum absolute atomic E-state index is 0.450. The van der Waals surface area contributed by atoms with Crippen LogP contribution >= 0.6 is 0 Å². The van der Waals surface area contributed by atoms with E-state index in [4.69, 9.17) is 10.5 Å². The molecule has 0 fully saturated rings. The van der Waals surface area contributed by atoms with Gasteiger partial charge in [-0.25, -0.2) is 0 Å². The maximum Gasteiger partial charge on any atom is 0.101 e. The standard InChI is InChI=1S/C15H14N2Si/c1-18(2,3)15-5-4-11-6-13(9-16)14(10-17)7-12(11)8-15/h4-8H,1-3H3. The van der Waals surface area contributed by atoms with Crippen LogP contribution in [0.15, 0.2) is 30.3 Å². The van der Waals surface area contributed by atoms with Gasteiger partial charge in [-0.15, -0.1) is 0 Å². The van der Waals surface area contributed by atoms with Crippen molar-refractivity contribution in [3.63, 3.8) is 0 Å². The first-order valence-corrected chi connectivity index (χ1v) is 9.34. The van der Waals surface area contributed by atoms with E-state index in [0.29, 0.717) is 11.1 Å². The van der Waals surface area contributed by atoms with E-state index in [-0.39, 0.29) is 0 Å². The topological polar surface area (TPSA) is 47.6 Å². The molecule has 2 nitrogen and oxygen atoms in total. The van der Waals surface area contributed by atoms with Gasteiger partial charge in [-0.1, -0.05) is 43.0 Å². The van der Waals surface area contributed by atoms with Crippen molar-refractivity contribution >= 4 is 24.0 Å². The first-order valence-electron chi connectivity index (χ1n) is 5.84. The van der Waals surface area contributed by atoms with Crippen LogP contribution in [-0.2, 0) is 0 Å². The summed E-state index contributed by atoms with van der Waals surface area (Å²) in [5, 5.41) is 21.5. The van der Waals surface area contributed by atoms with Crippen molar-refractivity contribution in [1.82, 2.24) is 0 Å². The summed E-state index contributed by atoms with van der Waals surface area (Å²) in [5.41, 5.74) is 0.906. The molecule has 0 aliphatic heterocycles. The minimum Gasteiger partial charge on any atom is -0.192 e. The summed E-state index contributed by atoms with van der Waals surface area (Å²) in [5.74, 6) is 0. The van der Waals surface area contributed by atoms with Gasteiger partial charge in [0.1, 0.15) is 12.1 Å². The van der Waals surface area contributed by atoms with Crippen LogP contribution in [-0.4, -0.2) is 8.07 Å². The molecule has 3 heteroatoms. The first-order chi connectivity index (χ1) is 8.45. The van der Waals surface area contributed by atoms with E-state index in [1.807, 2.05) is 12.1 Å². The van der Waals surface area contributed by atoms with Crippen molar-refractivity contribution in [3.8, 4) is 12.1 Å². The number of nitrogens with zero attached hydrogens (tertiary/aromatic N) is 2. The molecular weight excluding hydrogens is 236 g/mol. The molecule has 0 atom stereocenters. The molecule has 0 heterocycles. The molecule has 2 aromatic rings. The molecule has 18 heavy (non-hydrogen) atoms. The second-order valence-electron chi connectivity index (χ2n) is 5.43. The summed E-state index contributed by atoms with van der Waals surface area (Å²) in [6, 6.07) is 14.1. The lowest BCUT2D eigenvalue weighted by Crippen LogP contribution is -2.37. The summed E-state index contributed by atoms with van der Waals surface area (Å²) >= 11 is 0. The highest BCUT2D eigenvalue weighted by Crippen LogP contribution is 2.19. The van der Waals surface area contributed by atoms with Gasteiger partial charge in [-0.2, -0.15) is 10.5 Å². The lowest BCUT2D eigenvalue weighted by Gasteiger charge is -2.17. The van der Waals surface area contributed by atoms with Crippen molar-refractivity contribution in [2.24, 2.45) is 0 Å². The Hall–Kier alpha value is -2.10. The largest absolute Gasteiger partial charge is 0.192 e. The number of rotatable bonds is 1. The Kier molecular flexibility index (Phi) is 2.94. The molecule has 0 unspecified atom stereocenters. The first kappa shape index (κ1) is 12.4. The molecule has 0 saturated carbocycles.